The third-order valence-corrected chi connectivity index (χ3v) is 3.78. The maximum atomic E-state index is 13.7. The maximum Gasteiger partial charge on any atom is 0.258 e. The Balaban J connectivity index is 1.76. The van der Waals surface area contributed by atoms with Gasteiger partial charge in [-0.3, -0.25) is 4.79 Å². The quantitative estimate of drug-likeness (QED) is 0.739. The summed E-state index contributed by atoms with van der Waals surface area (Å²) in [5.74, 6) is -0.272. The van der Waals surface area contributed by atoms with Gasteiger partial charge in [0, 0.05) is 12.2 Å². The SMILES string of the molecule is CCN(c1ccccc1)c1ccc(NC(=O)c2ccccc2F)cn1. The third-order valence-electron chi connectivity index (χ3n) is 3.78. The van der Waals surface area contributed by atoms with Gasteiger partial charge in [0.2, 0.25) is 0 Å². The second-order valence-corrected chi connectivity index (χ2v) is 5.42. The molecule has 5 heteroatoms. The van der Waals surface area contributed by atoms with E-state index < -0.39 is 11.7 Å². The molecule has 1 heterocycles. The number of aromatic nitrogens is 1. The molecule has 2 aromatic carbocycles. The van der Waals surface area contributed by atoms with Gasteiger partial charge in [0.05, 0.1) is 17.4 Å². The first-order valence-corrected chi connectivity index (χ1v) is 8.03. The van der Waals surface area contributed by atoms with Gasteiger partial charge < -0.3 is 10.2 Å². The van der Waals surface area contributed by atoms with E-state index in [0.29, 0.717) is 5.69 Å². The van der Waals surface area contributed by atoms with Crippen LogP contribution >= 0.6 is 0 Å². The average molecular weight is 335 g/mol. The van der Waals surface area contributed by atoms with E-state index in [4.69, 9.17) is 0 Å². The van der Waals surface area contributed by atoms with Crippen LogP contribution in [0.3, 0.4) is 0 Å². The first-order chi connectivity index (χ1) is 12.2. The van der Waals surface area contributed by atoms with Crippen LogP contribution in [-0.4, -0.2) is 17.4 Å². The number of pyridine rings is 1. The van der Waals surface area contributed by atoms with Crippen LogP contribution in [0.5, 0.6) is 0 Å². The molecular weight excluding hydrogens is 317 g/mol. The van der Waals surface area contributed by atoms with Crippen LogP contribution in [0.4, 0.5) is 21.6 Å². The van der Waals surface area contributed by atoms with Crippen molar-refractivity contribution in [3.05, 3.63) is 84.3 Å². The molecule has 4 nitrogen and oxygen atoms in total. The molecule has 3 aromatic rings. The van der Waals surface area contributed by atoms with Gasteiger partial charge in [-0.2, -0.15) is 0 Å². The first-order valence-electron chi connectivity index (χ1n) is 8.03. The van der Waals surface area contributed by atoms with Gasteiger partial charge in [-0.15, -0.1) is 0 Å². The normalized spacial score (nSPS) is 10.3. The number of carbonyl (C=O) groups excluding carboxylic acids is 1. The summed E-state index contributed by atoms with van der Waals surface area (Å²) in [6.45, 7) is 2.81. The molecule has 0 saturated carbocycles. The number of amides is 1. The molecule has 1 amide bonds. The maximum absolute atomic E-state index is 13.7. The molecule has 0 bridgehead atoms. The molecule has 0 aliphatic rings. The van der Waals surface area contributed by atoms with Gasteiger partial charge in [0.25, 0.3) is 5.91 Å². The van der Waals surface area contributed by atoms with Crippen LogP contribution in [0.1, 0.15) is 17.3 Å². The number of carbonyl (C=O) groups is 1. The van der Waals surface area contributed by atoms with Crippen LogP contribution in [0.15, 0.2) is 72.9 Å². The van der Waals surface area contributed by atoms with Crippen molar-refractivity contribution in [3.8, 4) is 0 Å². The zero-order valence-corrected chi connectivity index (χ0v) is 13.8. The fourth-order valence-electron chi connectivity index (χ4n) is 2.55. The van der Waals surface area contributed by atoms with Crippen LogP contribution in [0.2, 0.25) is 0 Å². The highest BCUT2D eigenvalue weighted by atomic mass is 19.1. The predicted octanol–water partition coefficient (Wildman–Crippen LogP) is 4.63. The largest absolute Gasteiger partial charge is 0.327 e. The van der Waals surface area contributed by atoms with E-state index in [1.165, 1.54) is 12.1 Å². The Morgan fingerprint density at radius 3 is 2.40 bits per heavy atom. The summed E-state index contributed by atoms with van der Waals surface area (Å²) in [6, 6.07) is 19.4. The lowest BCUT2D eigenvalue weighted by molar-refractivity contribution is 0.102. The van der Waals surface area contributed by atoms with Gasteiger partial charge in [0.15, 0.2) is 0 Å². The smallest absolute Gasteiger partial charge is 0.258 e. The summed E-state index contributed by atoms with van der Waals surface area (Å²) in [5.41, 5.74) is 1.56. The molecule has 1 N–H and O–H groups in total. The molecule has 0 fully saturated rings. The standard InChI is InChI=1S/C20H18FN3O/c1-2-24(16-8-4-3-5-9-16)19-13-12-15(14-22-19)23-20(25)17-10-6-7-11-18(17)21/h3-14H,2H2,1H3,(H,23,25). The molecule has 0 aliphatic heterocycles. The lowest BCUT2D eigenvalue weighted by atomic mass is 10.2. The Morgan fingerprint density at radius 2 is 1.76 bits per heavy atom. The molecule has 0 unspecified atom stereocenters. The van der Waals surface area contributed by atoms with E-state index >= 15 is 0 Å². The van der Waals surface area contributed by atoms with E-state index in [-0.39, 0.29) is 5.56 Å². The fourth-order valence-corrected chi connectivity index (χ4v) is 2.55. The van der Waals surface area contributed by atoms with E-state index in [0.717, 1.165) is 18.1 Å². The van der Waals surface area contributed by atoms with Gasteiger partial charge >= 0.3 is 0 Å². The number of benzene rings is 2. The van der Waals surface area contributed by atoms with Crippen molar-refractivity contribution in [3.63, 3.8) is 0 Å². The summed E-state index contributed by atoms with van der Waals surface area (Å²) < 4.78 is 13.7. The van der Waals surface area contributed by atoms with Crippen LogP contribution in [-0.2, 0) is 0 Å². The van der Waals surface area contributed by atoms with Crippen LogP contribution in [0.25, 0.3) is 0 Å². The number of hydrogen-bond acceptors (Lipinski definition) is 3. The predicted molar refractivity (Wildman–Crippen MR) is 97.7 cm³/mol. The minimum absolute atomic E-state index is 0.00560. The Labute approximate surface area is 145 Å². The van der Waals surface area contributed by atoms with Gasteiger partial charge in [-0.1, -0.05) is 30.3 Å². The Bertz CT molecular complexity index is 850. The number of rotatable bonds is 5. The molecule has 25 heavy (non-hydrogen) atoms. The van der Waals surface area contributed by atoms with Gasteiger partial charge in [-0.05, 0) is 43.3 Å². The molecule has 0 radical (unpaired) electrons. The minimum atomic E-state index is -0.550. The van der Waals surface area contributed by atoms with Crippen molar-refractivity contribution in [1.29, 1.82) is 0 Å². The van der Waals surface area contributed by atoms with E-state index in [1.54, 1.807) is 24.4 Å². The topological polar surface area (TPSA) is 45.2 Å². The summed E-state index contributed by atoms with van der Waals surface area (Å²) in [5, 5.41) is 2.66. The van der Waals surface area contributed by atoms with Crippen molar-refractivity contribution in [2.24, 2.45) is 0 Å². The molecule has 0 atom stereocenters. The highest BCUT2D eigenvalue weighted by Crippen LogP contribution is 2.23. The van der Waals surface area contributed by atoms with Crippen LogP contribution in [0, 0.1) is 5.82 Å². The van der Waals surface area contributed by atoms with E-state index in [9.17, 15) is 9.18 Å². The lowest BCUT2D eigenvalue weighted by Crippen LogP contribution is -2.18. The Morgan fingerprint density at radius 1 is 1.04 bits per heavy atom. The van der Waals surface area contributed by atoms with Crippen molar-refractivity contribution in [1.82, 2.24) is 4.98 Å². The van der Waals surface area contributed by atoms with Crippen molar-refractivity contribution < 1.29 is 9.18 Å². The second-order valence-electron chi connectivity index (χ2n) is 5.42. The molecule has 1 aromatic heterocycles. The highest BCUT2D eigenvalue weighted by molar-refractivity contribution is 6.04. The van der Waals surface area contributed by atoms with E-state index in [2.05, 4.69) is 15.2 Å². The monoisotopic (exact) mass is 335 g/mol. The summed E-state index contributed by atoms with van der Waals surface area (Å²) >= 11 is 0. The van der Waals surface area contributed by atoms with E-state index in [1.807, 2.05) is 43.3 Å². The molecular formula is C20H18FN3O. The fraction of sp³-hybridized carbons (Fsp3) is 0.100. The Hall–Kier alpha value is -3.21. The number of nitrogens with one attached hydrogen (secondary N) is 1. The first kappa shape index (κ1) is 16.6. The molecule has 126 valence electrons. The lowest BCUT2D eigenvalue weighted by Gasteiger charge is -2.22. The number of nitrogens with zero attached hydrogens (tertiary/aromatic N) is 2. The summed E-state index contributed by atoms with van der Waals surface area (Å²) in [6.07, 6.45) is 1.57. The minimum Gasteiger partial charge on any atom is -0.327 e. The number of anilines is 3. The van der Waals surface area contributed by atoms with Crippen LogP contribution < -0.4 is 10.2 Å². The van der Waals surface area contributed by atoms with Crippen molar-refractivity contribution in [2.75, 3.05) is 16.8 Å². The zero-order chi connectivity index (χ0) is 17.6. The molecule has 0 aliphatic carbocycles. The van der Waals surface area contributed by atoms with Gasteiger partial charge in [-0.25, -0.2) is 9.37 Å². The molecule has 0 saturated heterocycles. The third kappa shape index (κ3) is 3.83. The number of para-hydroxylation sites is 1. The van der Waals surface area contributed by atoms with Crippen molar-refractivity contribution in [2.45, 2.75) is 6.92 Å². The summed E-state index contributed by atoms with van der Waals surface area (Å²) in [4.78, 5) is 18.6. The number of hydrogen-bond donors (Lipinski definition) is 1. The summed E-state index contributed by atoms with van der Waals surface area (Å²) in [7, 11) is 0. The highest BCUT2D eigenvalue weighted by Gasteiger charge is 2.12. The molecule has 0 spiro atoms. The zero-order valence-electron chi connectivity index (χ0n) is 13.8. The number of halogens is 1. The Kier molecular flexibility index (Phi) is 5.04. The second kappa shape index (κ2) is 7.57. The van der Waals surface area contributed by atoms with Gasteiger partial charge in [0.1, 0.15) is 11.6 Å². The average Bonchev–Trinajstić information content (AvgIpc) is 2.65. The van der Waals surface area contributed by atoms with Crippen molar-refractivity contribution >= 4 is 23.1 Å². The molecule has 3 rings (SSSR count).